The number of nitrogens with one attached hydrogen (secondary N) is 1. The molecule has 12 nitrogen and oxygen atoms in total. The van der Waals surface area contributed by atoms with Crippen molar-refractivity contribution in [2.75, 3.05) is 38.2 Å². The smallest absolute Gasteiger partial charge is 0.409 e. The van der Waals surface area contributed by atoms with Gasteiger partial charge in [-0.05, 0) is 48.7 Å². The topological polar surface area (TPSA) is 127 Å². The van der Waals surface area contributed by atoms with E-state index >= 15 is 0 Å². The molecule has 2 atom stereocenters. The fraction of sp³-hybridized carbons (Fsp3) is 0.355. The predicted molar refractivity (Wildman–Crippen MR) is 170 cm³/mol. The first-order valence-corrected chi connectivity index (χ1v) is 15.5. The lowest BCUT2D eigenvalue weighted by atomic mass is 9.98. The number of amides is 2. The highest BCUT2D eigenvalue weighted by Crippen LogP contribution is 2.31. The summed E-state index contributed by atoms with van der Waals surface area (Å²) in [6.07, 6.45) is 5.90. The molecule has 0 radical (unpaired) electrons. The van der Waals surface area contributed by atoms with Crippen LogP contribution in [-0.2, 0) is 9.53 Å². The highest BCUT2D eigenvalue weighted by molar-refractivity contribution is 6.31. The molecule has 1 saturated heterocycles. The number of methoxy groups -OCH3 is 1. The van der Waals surface area contributed by atoms with E-state index in [1.54, 1.807) is 40.2 Å². The number of halogens is 2. The Hall–Kier alpha value is -4.42. The van der Waals surface area contributed by atoms with Crippen LogP contribution in [0.3, 0.4) is 0 Å². The van der Waals surface area contributed by atoms with Crippen LogP contribution in [0.1, 0.15) is 37.3 Å². The molecule has 2 aliphatic rings. The van der Waals surface area contributed by atoms with Gasteiger partial charge in [0.15, 0.2) is 5.15 Å². The molecule has 2 aliphatic heterocycles. The number of nitrogens with zero attached hydrogens (tertiary/aromatic N) is 7. The van der Waals surface area contributed by atoms with Gasteiger partial charge in [-0.3, -0.25) is 14.2 Å². The quantitative estimate of drug-likeness (QED) is 0.347. The highest BCUT2D eigenvalue weighted by atomic mass is 35.5. The molecule has 0 saturated carbocycles. The second kappa shape index (κ2) is 13.3. The zero-order valence-electron chi connectivity index (χ0n) is 24.6. The minimum atomic E-state index is -0.581. The lowest BCUT2D eigenvalue weighted by molar-refractivity contribution is -0.123. The Morgan fingerprint density at radius 3 is 2.67 bits per heavy atom. The third-order valence-corrected chi connectivity index (χ3v) is 8.68. The Morgan fingerprint density at radius 1 is 1.02 bits per heavy atom. The molecule has 1 fully saturated rings. The van der Waals surface area contributed by atoms with E-state index in [0.717, 1.165) is 30.5 Å². The van der Waals surface area contributed by atoms with E-state index in [2.05, 4.69) is 15.6 Å². The van der Waals surface area contributed by atoms with Gasteiger partial charge in [0.25, 0.3) is 5.56 Å². The number of benzene rings is 2. The van der Waals surface area contributed by atoms with E-state index in [-0.39, 0.29) is 29.2 Å². The van der Waals surface area contributed by atoms with Crippen LogP contribution in [0.2, 0.25) is 10.2 Å². The van der Waals surface area contributed by atoms with Gasteiger partial charge in [0.1, 0.15) is 6.04 Å². The molecular formula is C31H32Cl2N8O4. The third-order valence-electron chi connectivity index (χ3n) is 8.27. The standard InChI is InChI=1S/C31H32Cl2N8O4/c1-45-31(44)38-12-13-39-22-7-5-6-20(14-22)25(8-3-2-4-11-34-30(43)27(39)17-38)40-19-35-24(16-29(40)42)23-15-21(32)9-10-26(23)41-18-28(33)36-37-41/h5-7,9-10,14-16,18-19,25,27H,2-4,8,11-13,17H2,1H3,(H,34,43)/t25?,27-/m0/s1. The number of hydrogen-bond donors (Lipinski definition) is 1. The van der Waals surface area contributed by atoms with Gasteiger partial charge >= 0.3 is 6.09 Å². The Bertz CT molecular complexity index is 1780. The lowest BCUT2D eigenvalue weighted by Gasteiger charge is -2.41. The van der Waals surface area contributed by atoms with Crippen LogP contribution >= 0.6 is 23.2 Å². The van der Waals surface area contributed by atoms with Gasteiger partial charge in [-0.25, -0.2) is 14.5 Å². The molecule has 2 aromatic carbocycles. The normalized spacial score (nSPS) is 19.0. The van der Waals surface area contributed by atoms with Crippen molar-refractivity contribution >= 4 is 40.9 Å². The summed E-state index contributed by atoms with van der Waals surface area (Å²) >= 11 is 12.4. The molecule has 2 bridgehead atoms. The van der Waals surface area contributed by atoms with E-state index in [9.17, 15) is 14.4 Å². The van der Waals surface area contributed by atoms with Gasteiger partial charge in [0.2, 0.25) is 5.91 Å². The summed E-state index contributed by atoms with van der Waals surface area (Å²) in [4.78, 5) is 47.7. The van der Waals surface area contributed by atoms with E-state index < -0.39 is 12.1 Å². The van der Waals surface area contributed by atoms with Gasteiger partial charge in [0, 0.05) is 42.0 Å². The van der Waals surface area contributed by atoms with Crippen LogP contribution < -0.4 is 15.8 Å². The Balaban J connectivity index is 1.36. The van der Waals surface area contributed by atoms with Crippen LogP contribution in [0.25, 0.3) is 16.9 Å². The van der Waals surface area contributed by atoms with Crippen molar-refractivity contribution in [1.82, 2.24) is 34.8 Å². The number of ether oxygens (including phenoxy) is 1. The number of piperazine rings is 1. The second-order valence-corrected chi connectivity index (χ2v) is 11.9. The largest absolute Gasteiger partial charge is 0.453 e. The minimum Gasteiger partial charge on any atom is -0.453 e. The Morgan fingerprint density at radius 2 is 1.89 bits per heavy atom. The average Bonchev–Trinajstić information content (AvgIpc) is 3.49. The summed E-state index contributed by atoms with van der Waals surface area (Å²) in [5.74, 6) is -0.130. The van der Waals surface area contributed by atoms with Gasteiger partial charge in [0.05, 0.1) is 43.6 Å². The number of hydrogen-bond acceptors (Lipinski definition) is 8. The monoisotopic (exact) mass is 650 g/mol. The Labute approximate surface area is 269 Å². The van der Waals surface area contributed by atoms with Crippen LogP contribution in [0.4, 0.5) is 10.5 Å². The van der Waals surface area contributed by atoms with Crippen molar-refractivity contribution in [3.05, 3.63) is 87.1 Å². The number of fused-ring (bicyclic) bond motifs is 4. The minimum absolute atomic E-state index is 0.130. The fourth-order valence-corrected chi connectivity index (χ4v) is 6.32. The second-order valence-electron chi connectivity index (χ2n) is 11.0. The van der Waals surface area contributed by atoms with Crippen molar-refractivity contribution < 1.29 is 14.3 Å². The predicted octanol–water partition coefficient (Wildman–Crippen LogP) is 4.33. The van der Waals surface area contributed by atoms with Crippen molar-refractivity contribution in [2.24, 2.45) is 0 Å². The van der Waals surface area contributed by atoms with Crippen molar-refractivity contribution in [1.29, 1.82) is 0 Å². The summed E-state index contributed by atoms with van der Waals surface area (Å²) in [6.45, 7) is 1.61. The molecule has 2 aromatic heterocycles. The first-order chi connectivity index (χ1) is 21.8. The maximum Gasteiger partial charge on any atom is 0.409 e. The molecule has 1 unspecified atom stereocenters. The van der Waals surface area contributed by atoms with E-state index in [4.69, 9.17) is 32.9 Å². The summed E-state index contributed by atoms with van der Waals surface area (Å²) < 4.78 is 8.10. The molecule has 1 N–H and O–H groups in total. The van der Waals surface area contributed by atoms with Crippen LogP contribution in [-0.4, -0.2) is 80.8 Å². The molecule has 0 aliphatic carbocycles. The van der Waals surface area contributed by atoms with Crippen LogP contribution in [0.5, 0.6) is 0 Å². The molecule has 2 amide bonds. The van der Waals surface area contributed by atoms with E-state index in [1.165, 1.54) is 17.9 Å². The van der Waals surface area contributed by atoms with Gasteiger partial charge in [-0.1, -0.05) is 53.4 Å². The summed E-state index contributed by atoms with van der Waals surface area (Å²) in [5.41, 5.74) is 3.23. The van der Waals surface area contributed by atoms with Gasteiger partial charge < -0.3 is 19.9 Å². The first kappa shape index (κ1) is 30.6. The number of aromatic nitrogens is 5. The molecule has 4 heterocycles. The maximum atomic E-state index is 13.8. The lowest BCUT2D eigenvalue weighted by Crippen LogP contribution is -2.60. The fourth-order valence-electron chi connectivity index (χ4n) is 6.02. The van der Waals surface area contributed by atoms with Crippen LogP contribution in [0, 0.1) is 0 Å². The average molecular weight is 652 g/mol. The molecule has 4 aromatic rings. The molecular weight excluding hydrogens is 619 g/mol. The first-order valence-electron chi connectivity index (χ1n) is 14.8. The number of anilines is 1. The van der Waals surface area contributed by atoms with Gasteiger partial charge in [-0.15, -0.1) is 5.10 Å². The summed E-state index contributed by atoms with van der Waals surface area (Å²) in [5, 5.41) is 11.7. The molecule has 45 heavy (non-hydrogen) atoms. The Kier molecular flexibility index (Phi) is 9.04. The summed E-state index contributed by atoms with van der Waals surface area (Å²) in [6, 6.07) is 13.8. The van der Waals surface area contributed by atoms with Crippen molar-refractivity contribution in [3.63, 3.8) is 0 Å². The van der Waals surface area contributed by atoms with Crippen LogP contribution in [0.15, 0.2) is 65.8 Å². The van der Waals surface area contributed by atoms with E-state index in [1.807, 2.05) is 29.2 Å². The number of carbonyl (C=O) groups is 2. The number of rotatable bonds is 3. The maximum absolute atomic E-state index is 13.8. The third kappa shape index (κ3) is 6.52. The molecule has 0 spiro atoms. The SMILES string of the molecule is COC(=O)N1CCN2c3cccc(c3)C(n3cnc(-c4cc(Cl)ccc4-n4cc(Cl)nn4)cc3=O)CCCCCNC(=O)[C@@H]2C1. The van der Waals surface area contributed by atoms with Crippen molar-refractivity contribution in [2.45, 2.75) is 37.8 Å². The highest BCUT2D eigenvalue weighted by Gasteiger charge is 2.35. The zero-order valence-corrected chi connectivity index (χ0v) is 26.1. The zero-order chi connectivity index (χ0) is 31.5. The molecule has 14 heteroatoms. The number of carbonyl (C=O) groups excluding carboxylic acids is 2. The van der Waals surface area contributed by atoms with E-state index in [0.29, 0.717) is 48.0 Å². The van der Waals surface area contributed by atoms with Gasteiger partial charge in [-0.2, -0.15) is 0 Å². The molecule has 234 valence electrons. The molecule has 6 rings (SSSR count). The van der Waals surface area contributed by atoms with Crippen molar-refractivity contribution in [3.8, 4) is 16.9 Å². The summed E-state index contributed by atoms with van der Waals surface area (Å²) in [7, 11) is 1.34.